The summed E-state index contributed by atoms with van der Waals surface area (Å²) in [5.74, 6) is 1.37. The summed E-state index contributed by atoms with van der Waals surface area (Å²) in [4.78, 5) is 6.65. The van der Waals surface area contributed by atoms with E-state index in [1.54, 1.807) is 12.1 Å². The smallest absolute Gasteiger partial charge is 0.122 e. The van der Waals surface area contributed by atoms with E-state index in [0.29, 0.717) is 11.8 Å². The molecule has 0 saturated carbocycles. The normalized spacial score (nSPS) is 12.8. The molecule has 4 heteroatoms. The molecule has 4 nitrogen and oxygen atoms in total. The predicted molar refractivity (Wildman–Crippen MR) is 75.8 cm³/mol. The number of hydrogen-bond acceptors (Lipinski definition) is 3. The minimum atomic E-state index is 0.311. The zero-order valence-electron chi connectivity index (χ0n) is 11.7. The van der Waals surface area contributed by atoms with Gasteiger partial charge in [-0.15, -0.1) is 0 Å². The molecule has 1 unspecified atom stereocenters. The number of hydrogen-bond donors (Lipinski definition) is 1. The van der Waals surface area contributed by atoms with Gasteiger partial charge in [0.15, 0.2) is 0 Å². The van der Waals surface area contributed by atoms with Crippen molar-refractivity contribution in [3.8, 4) is 5.75 Å². The molecular formula is C15H21N3O. The lowest BCUT2D eigenvalue weighted by Gasteiger charge is -2.27. The first-order chi connectivity index (χ1) is 9.11. The Kier molecular flexibility index (Phi) is 4.22. The molecule has 2 rings (SSSR count). The Labute approximate surface area is 114 Å². The molecule has 19 heavy (non-hydrogen) atoms. The van der Waals surface area contributed by atoms with Crippen LogP contribution in [-0.2, 0) is 13.6 Å². The van der Waals surface area contributed by atoms with Crippen LogP contribution in [0.4, 0.5) is 0 Å². The molecule has 0 aliphatic carbocycles. The Balaban J connectivity index is 2.13. The molecule has 0 bridgehead atoms. The van der Waals surface area contributed by atoms with Gasteiger partial charge in [-0.3, -0.25) is 4.90 Å². The first-order valence-electron chi connectivity index (χ1n) is 6.57. The summed E-state index contributed by atoms with van der Waals surface area (Å²) in [5.41, 5.74) is 1.22. The second kappa shape index (κ2) is 5.89. The van der Waals surface area contributed by atoms with Crippen LogP contribution < -0.4 is 0 Å². The summed E-state index contributed by atoms with van der Waals surface area (Å²) in [6, 6.07) is 7.79. The summed E-state index contributed by atoms with van der Waals surface area (Å²) in [7, 11) is 4.12. The summed E-state index contributed by atoms with van der Waals surface area (Å²) in [5, 5.41) is 9.37. The monoisotopic (exact) mass is 259 g/mol. The predicted octanol–water partition coefficient (Wildman–Crippen LogP) is 2.71. The Hall–Kier alpha value is -1.81. The van der Waals surface area contributed by atoms with Gasteiger partial charge in [-0.2, -0.15) is 0 Å². The lowest BCUT2D eigenvalue weighted by Crippen LogP contribution is -2.25. The Morgan fingerprint density at radius 3 is 2.53 bits per heavy atom. The molecule has 0 amide bonds. The van der Waals surface area contributed by atoms with E-state index in [4.69, 9.17) is 0 Å². The highest BCUT2D eigenvalue weighted by Gasteiger charge is 2.16. The molecule has 0 aliphatic rings. The molecule has 1 aromatic carbocycles. The van der Waals surface area contributed by atoms with Crippen LogP contribution in [0.3, 0.4) is 0 Å². The van der Waals surface area contributed by atoms with Crippen molar-refractivity contribution in [1.29, 1.82) is 0 Å². The highest BCUT2D eigenvalue weighted by atomic mass is 16.3. The van der Waals surface area contributed by atoms with Crippen LogP contribution in [0.5, 0.6) is 5.75 Å². The SMILES string of the molecule is CCC(c1ccc(O)cc1)N(C)Cc1nccn1C. The summed E-state index contributed by atoms with van der Waals surface area (Å²) in [6.07, 6.45) is 4.81. The van der Waals surface area contributed by atoms with Crippen molar-refractivity contribution in [1.82, 2.24) is 14.5 Å². The minimum absolute atomic E-state index is 0.311. The van der Waals surface area contributed by atoms with Crippen molar-refractivity contribution < 1.29 is 5.11 Å². The topological polar surface area (TPSA) is 41.3 Å². The van der Waals surface area contributed by atoms with Crippen LogP contribution in [0.2, 0.25) is 0 Å². The molecule has 0 spiro atoms. The quantitative estimate of drug-likeness (QED) is 0.897. The average Bonchev–Trinajstić information content (AvgIpc) is 2.78. The number of nitrogens with zero attached hydrogens (tertiary/aromatic N) is 3. The summed E-state index contributed by atoms with van der Waals surface area (Å²) < 4.78 is 2.04. The van der Waals surface area contributed by atoms with E-state index in [0.717, 1.165) is 18.8 Å². The number of imidazole rings is 1. The van der Waals surface area contributed by atoms with Gasteiger partial charge >= 0.3 is 0 Å². The van der Waals surface area contributed by atoms with Gasteiger partial charge in [0, 0.05) is 25.5 Å². The maximum Gasteiger partial charge on any atom is 0.122 e. The molecule has 1 aromatic heterocycles. The Bertz CT molecular complexity index is 518. The highest BCUT2D eigenvalue weighted by Crippen LogP contribution is 2.25. The van der Waals surface area contributed by atoms with Gasteiger partial charge in [-0.25, -0.2) is 4.98 Å². The third kappa shape index (κ3) is 3.15. The molecule has 102 valence electrons. The first kappa shape index (κ1) is 13.6. The van der Waals surface area contributed by atoms with E-state index in [2.05, 4.69) is 23.9 Å². The van der Waals surface area contributed by atoms with Crippen LogP contribution in [0.25, 0.3) is 0 Å². The fourth-order valence-electron chi connectivity index (χ4n) is 2.38. The van der Waals surface area contributed by atoms with E-state index in [-0.39, 0.29) is 0 Å². The summed E-state index contributed by atoms with van der Waals surface area (Å²) in [6.45, 7) is 2.98. The number of phenols is 1. The van der Waals surface area contributed by atoms with Crippen molar-refractivity contribution in [3.05, 3.63) is 48.0 Å². The van der Waals surface area contributed by atoms with Gasteiger partial charge in [0.2, 0.25) is 0 Å². The fourth-order valence-corrected chi connectivity index (χ4v) is 2.38. The van der Waals surface area contributed by atoms with Gasteiger partial charge in [0.05, 0.1) is 6.54 Å². The number of aryl methyl sites for hydroxylation is 1. The number of aromatic nitrogens is 2. The average molecular weight is 259 g/mol. The van der Waals surface area contributed by atoms with Crippen LogP contribution in [0, 0.1) is 0 Å². The summed E-state index contributed by atoms with van der Waals surface area (Å²) >= 11 is 0. The molecule has 1 heterocycles. The standard InChI is InChI=1S/C15H21N3O/c1-4-14(12-5-7-13(19)8-6-12)18(3)11-15-16-9-10-17(15)2/h5-10,14,19H,4,11H2,1-3H3. The van der Waals surface area contributed by atoms with E-state index in [9.17, 15) is 5.11 Å². The molecule has 0 saturated heterocycles. The van der Waals surface area contributed by atoms with Gasteiger partial charge < -0.3 is 9.67 Å². The molecule has 1 N–H and O–H groups in total. The van der Waals surface area contributed by atoms with Crippen molar-refractivity contribution in [2.45, 2.75) is 25.9 Å². The van der Waals surface area contributed by atoms with E-state index in [1.807, 2.05) is 36.1 Å². The van der Waals surface area contributed by atoms with Crippen molar-refractivity contribution in [2.24, 2.45) is 7.05 Å². The molecular weight excluding hydrogens is 238 g/mol. The lowest BCUT2D eigenvalue weighted by molar-refractivity contribution is 0.223. The van der Waals surface area contributed by atoms with Gasteiger partial charge in [0.25, 0.3) is 0 Å². The Morgan fingerprint density at radius 1 is 1.32 bits per heavy atom. The van der Waals surface area contributed by atoms with Crippen LogP contribution >= 0.6 is 0 Å². The highest BCUT2D eigenvalue weighted by molar-refractivity contribution is 5.28. The lowest BCUT2D eigenvalue weighted by atomic mass is 10.0. The number of aromatic hydroxyl groups is 1. The maximum atomic E-state index is 9.37. The first-order valence-corrected chi connectivity index (χ1v) is 6.57. The second-order valence-electron chi connectivity index (χ2n) is 4.89. The van der Waals surface area contributed by atoms with Crippen molar-refractivity contribution in [2.75, 3.05) is 7.05 Å². The third-order valence-electron chi connectivity index (χ3n) is 3.51. The number of rotatable bonds is 5. The van der Waals surface area contributed by atoms with E-state index >= 15 is 0 Å². The van der Waals surface area contributed by atoms with Gasteiger partial charge in [-0.1, -0.05) is 19.1 Å². The van der Waals surface area contributed by atoms with Crippen LogP contribution in [0.15, 0.2) is 36.7 Å². The fraction of sp³-hybridized carbons (Fsp3) is 0.400. The molecule has 0 fully saturated rings. The van der Waals surface area contributed by atoms with Gasteiger partial charge in [0.1, 0.15) is 11.6 Å². The number of phenolic OH excluding ortho intramolecular Hbond substituents is 1. The Morgan fingerprint density at radius 2 is 2.00 bits per heavy atom. The third-order valence-corrected chi connectivity index (χ3v) is 3.51. The maximum absolute atomic E-state index is 9.37. The number of benzene rings is 1. The van der Waals surface area contributed by atoms with Crippen molar-refractivity contribution >= 4 is 0 Å². The minimum Gasteiger partial charge on any atom is -0.508 e. The molecule has 0 aliphatic heterocycles. The van der Waals surface area contributed by atoms with E-state index < -0.39 is 0 Å². The largest absolute Gasteiger partial charge is 0.508 e. The van der Waals surface area contributed by atoms with Crippen LogP contribution in [-0.4, -0.2) is 26.6 Å². The molecule has 1 atom stereocenters. The second-order valence-corrected chi connectivity index (χ2v) is 4.89. The van der Waals surface area contributed by atoms with Crippen LogP contribution in [0.1, 0.15) is 30.8 Å². The van der Waals surface area contributed by atoms with E-state index in [1.165, 1.54) is 5.56 Å². The zero-order chi connectivity index (χ0) is 13.8. The molecule has 2 aromatic rings. The van der Waals surface area contributed by atoms with Gasteiger partial charge in [-0.05, 0) is 31.2 Å². The van der Waals surface area contributed by atoms with Crippen molar-refractivity contribution in [3.63, 3.8) is 0 Å². The molecule has 0 radical (unpaired) electrons. The zero-order valence-corrected chi connectivity index (χ0v) is 11.7.